The summed E-state index contributed by atoms with van der Waals surface area (Å²) in [5.74, 6) is 31.7. The van der Waals surface area contributed by atoms with E-state index in [0.717, 1.165) is 12.1 Å². The van der Waals surface area contributed by atoms with Crippen molar-refractivity contribution in [3.05, 3.63) is 71.0 Å². The highest BCUT2D eigenvalue weighted by atomic mass is 19.4. The van der Waals surface area contributed by atoms with Gasteiger partial charge < -0.3 is 9.84 Å². The van der Waals surface area contributed by atoms with Crippen LogP contribution in [0.25, 0.3) is 6.08 Å². The molecule has 1 aliphatic heterocycles. The topological polar surface area (TPSA) is 63.6 Å². The minimum atomic E-state index is -4.48. The number of allylic oxidation sites excluding steroid dienone is 1. The van der Waals surface area contributed by atoms with E-state index in [1.807, 2.05) is 5.92 Å². The summed E-state index contributed by atoms with van der Waals surface area (Å²) in [6.45, 7) is 1.68. The number of benzene rings is 2. The number of para-hydroxylation sites is 1. The minimum Gasteiger partial charge on any atom is -0.472 e. The highest BCUT2D eigenvalue weighted by molar-refractivity contribution is 6.14. The van der Waals surface area contributed by atoms with Gasteiger partial charge in [0.2, 0.25) is 5.78 Å². The highest BCUT2D eigenvalue weighted by Crippen LogP contribution is 2.35. The van der Waals surface area contributed by atoms with Gasteiger partial charge in [0, 0.05) is 5.92 Å². The lowest BCUT2D eigenvalue weighted by atomic mass is 10.0. The van der Waals surface area contributed by atoms with Crippen LogP contribution in [0.4, 0.5) is 27.3 Å². The Morgan fingerprint density at radius 3 is 1.74 bits per heavy atom. The molecular formula is C32H16F6O4. The van der Waals surface area contributed by atoms with Crippen LogP contribution in [0.2, 0.25) is 0 Å². The van der Waals surface area contributed by atoms with E-state index in [4.69, 9.17) is 9.84 Å². The van der Waals surface area contributed by atoms with E-state index in [2.05, 4.69) is 77.0 Å². The number of rotatable bonds is 1. The molecule has 10 heteroatoms. The maximum atomic E-state index is 12.9. The van der Waals surface area contributed by atoms with Crippen molar-refractivity contribution in [3.63, 3.8) is 0 Å². The van der Waals surface area contributed by atoms with Gasteiger partial charge in [-0.1, -0.05) is 36.3 Å². The van der Waals surface area contributed by atoms with Gasteiger partial charge in [-0.25, -0.2) is 4.79 Å². The number of carbonyl (C=O) groups is 2. The van der Waals surface area contributed by atoms with Crippen molar-refractivity contribution in [1.29, 1.82) is 0 Å². The lowest BCUT2D eigenvalue weighted by Gasteiger charge is -2.10. The molecule has 1 aliphatic rings. The molecular weight excluding hydrogens is 562 g/mol. The van der Waals surface area contributed by atoms with Crippen LogP contribution >= 0.6 is 0 Å². The Kier molecular flexibility index (Phi) is 17.7. The Labute approximate surface area is 237 Å². The summed E-state index contributed by atoms with van der Waals surface area (Å²) in [6, 6.07) is 11.6. The average molecular weight is 578 g/mol. The fourth-order valence-electron chi connectivity index (χ4n) is 2.62. The molecule has 0 bridgehead atoms. The summed E-state index contributed by atoms with van der Waals surface area (Å²) in [4.78, 5) is 22.1. The third-order valence-electron chi connectivity index (χ3n) is 4.11. The summed E-state index contributed by atoms with van der Waals surface area (Å²) < 4.78 is 44.1. The summed E-state index contributed by atoms with van der Waals surface area (Å²) in [7, 11) is 0. The second-order valence-electron chi connectivity index (χ2n) is 6.70. The van der Waals surface area contributed by atoms with Gasteiger partial charge in [0.05, 0.1) is 11.1 Å². The number of carboxylic acid groups (broad SMARTS) is 1. The van der Waals surface area contributed by atoms with Crippen molar-refractivity contribution in [2.45, 2.75) is 13.1 Å². The Hall–Kier alpha value is -6.38. The number of ketones is 1. The number of alkyl halides is 3. The molecule has 0 saturated carbocycles. The van der Waals surface area contributed by atoms with Crippen LogP contribution in [0, 0.1) is 82.9 Å². The predicted molar refractivity (Wildman–Crippen MR) is 146 cm³/mol. The number of ether oxygens (including phenoxy) is 1. The van der Waals surface area contributed by atoms with E-state index in [-0.39, 0.29) is 25.4 Å². The van der Waals surface area contributed by atoms with E-state index >= 15 is 0 Å². The number of halogens is 6. The summed E-state index contributed by atoms with van der Waals surface area (Å²) in [6.07, 6.45) is -3.35. The first-order valence-corrected chi connectivity index (χ1v) is 10.6. The van der Waals surface area contributed by atoms with Crippen molar-refractivity contribution >= 4 is 17.8 Å². The lowest BCUT2D eigenvalue weighted by Crippen LogP contribution is -2.08. The molecule has 210 valence electrons. The van der Waals surface area contributed by atoms with Gasteiger partial charge >= 0.3 is 12.1 Å². The Morgan fingerprint density at radius 1 is 0.762 bits per heavy atom. The number of hydrogen-bond donors (Lipinski definition) is 1. The molecule has 3 rings (SSSR count). The molecule has 0 amide bonds. The molecule has 0 aromatic heterocycles. The number of fused-ring (bicyclic) bond motifs is 1. The zero-order chi connectivity index (χ0) is 28.5. The molecule has 0 atom stereocenters. The minimum absolute atomic E-state index is 0. The van der Waals surface area contributed by atoms with Crippen LogP contribution in [0.3, 0.4) is 0 Å². The van der Waals surface area contributed by atoms with Crippen LogP contribution in [0.15, 0.2) is 54.3 Å². The molecule has 0 spiro atoms. The molecule has 1 N–H and O–H groups in total. The van der Waals surface area contributed by atoms with Crippen molar-refractivity contribution in [2.24, 2.45) is 0 Å². The number of carbonyl (C=O) groups excluding carboxylic acids is 1. The lowest BCUT2D eigenvalue weighted by molar-refractivity contribution is -0.137. The molecule has 2 aromatic carbocycles. The third kappa shape index (κ3) is 12.9. The summed E-state index contributed by atoms with van der Waals surface area (Å²) >= 11 is 0. The molecule has 0 radical (unpaired) electrons. The highest BCUT2D eigenvalue weighted by Gasteiger charge is 2.33. The molecule has 0 saturated heterocycles. The van der Waals surface area contributed by atoms with Crippen LogP contribution in [-0.2, 0) is 11.0 Å². The fraction of sp³-hybridized carbons (Fsp3) is 0.0625. The van der Waals surface area contributed by atoms with Gasteiger partial charge in [-0.15, -0.1) is 0 Å². The molecule has 1 heterocycles. The Bertz CT molecular complexity index is 1770. The standard InChI is InChI=1S/C16H9F3O2.C16H4O2.3FH/c17-16(18,19)12-7-3-1-5-10(12)9-14-15(20)11-6-2-4-8-13(11)21-14;1-2-3-4-5-6-7-8-9-10-11-12-13-14-15-16(17)18;;;/h1-9H;1H3,(H,17,18);3*1H/b14-9-;;;;. The maximum Gasteiger partial charge on any atom is 0.416 e. The van der Waals surface area contributed by atoms with E-state index in [0.29, 0.717) is 11.3 Å². The number of carboxylic acids is 1. The van der Waals surface area contributed by atoms with Gasteiger partial charge in [-0.3, -0.25) is 18.9 Å². The van der Waals surface area contributed by atoms with E-state index in [1.54, 1.807) is 31.2 Å². The van der Waals surface area contributed by atoms with Gasteiger partial charge in [0.15, 0.2) is 5.76 Å². The van der Waals surface area contributed by atoms with Crippen molar-refractivity contribution in [3.8, 4) is 88.6 Å². The van der Waals surface area contributed by atoms with Crippen LogP contribution in [0.1, 0.15) is 28.4 Å². The smallest absolute Gasteiger partial charge is 0.416 e. The molecule has 0 aliphatic carbocycles. The maximum absolute atomic E-state index is 12.9. The van der Waals surface area contributed by atoms with E-state index in [1.165, 1.54) is 18.2 Å². The Balaban J connectivity index is 0. The predicted octanol–water partition coefficient (Wildman–Crippen LogP) is 4.89. The first-order valence-electron chi connectivity index (χ1n) is 10.6. The van der Waals surface area contributed by atoms with Gasteiger partial charge in [0.25, 0.3) is 0 Å². The Morgan fingerprint density at radius 2 is 1.24 bits per heavy atom. The molecule has 0 fully saturated rings. The summed E-state index contributed by atoms with van der Waals surface area (Å²) in [5.41, 5.74) is -0.542. The van der Waals surface area contributed by atoms with Crippen LogP contribution in [-0.4, -0.2) is 16.9 Å². The van der Waals surface area contributed by atoms with Crippen LogP contribution < -0.4 is 4.74 Å². The molecule has 42 heavy (non-hydrogen) atoms. The number of hydrogen-bond acceptors (Lipinski definition) is 3. The van der Waals surface area contributed by atoms with Crippen molar-refractivity contribution in [1.82, 2.24) is 0 Å². The number of aliphatic carboxylic acids is 1. The fourth-order valence-corrected chi connectivity index (χ4v) is 2.62. The van der Waals surface area contributed by atoms with Crippen LogP contribution in [0.5, 0.6) is 5.75 Å². The van der Waals surface area contributed by atoms with Gasteiger partial charge in [-0.2, -0.15) is 13.2 Å². The second kappa shape index (κ2) is 19.7. The normalized spacial score (nSPS) is 9.90. The zero-order valence-corrected chi connectivity index (χ0v) is 21.2. The monoisotopic (exact) mass is 578 g/mol. The molecule has 0 unspecified atom stereocenters. The molecule has 2 aromatic rings. The van der Waals surface area contributed by atoms with Crippen molar-refractivity contribution < 1.29 is 46.7 Å². The second-order valence-corrected chi connectivity index (χ2v) is 6.70. The first kappa shape index (κ1) is 37.8. The van der Waals surface area contributed by atoms with Gasteiger partial charge in [0.1, 0.15) is 5.75 Å². The largest absolute Gasteiger partial charge is 0.472 e. The number of Topliss-reactive ketones (excluding diaryl/α,β-unsaturated/α-hetero) is 1. The summed E-state index contributed by atoms with van der Waals surface area (Å²) in [5, 5.41) is 8.16. The van der Waals surface area contributed by atoms with Crippen molar-refractivity contribution in [2.75, 3.05) is 0 Å². The first-order chi connectivity index (χ1) is 18.7. The van der Waals surface area contributed by atoms with E-state index in [9.17, 15) is 22.8 Å². The zero-order valence-electron chi connectivity index (χ0n) is 21.2. The van der Waals surface area contributed by atoms with Gasteiger partial charge in [-0.05, 0) is 108 Å². The molecule has 4 nitrogen and oxygen atoms in total. The van der Waals surface area contributed by atoms with E-state index < -0.39 is 23.5 Å². The SMILES string of the molecule is CC#CC#CC#CC#CC#CC#CC#CC(=O)O.F.F.F.O=C1/C(=C/c2ccccc2C(F)(F)F)Oc2ccccc21. The quantitative estimate of drug-likeness (QED) is 0.298. The average Bonchev–Trinajstić information content (AvgIpc) is 3.22. The third-order valence-corrected chi connectivity index (χ3v) is 4.11.